The molecule has 8 heteroatoms. The molecule has 1 aromatic heterocycles. The Bertz CT molecular complexity index is 1320. The fourth-order valence-corrected chi connectivity index (χ4v) is 7.48. The number of methoxy groups -OCH3 is 1. The molecule has 2 aliphatic rings. The van der Waals surface area contributed by atoms with Crippen LogP contribution in [0.2, 0.25) is 0 Å². The third kappa shape index (κ3) is 6.62. The van der Waals surface area contributed by atoms with E-state index in [0.717, 1.165) is 61.8 Å². The lowest BCUT2D eigenvalue weighted by Crippen LogP contribution is -2.36. The number of fused-ring (bicyclic) bond motifs is 1. The number of carbonyl (C=O) groups excluding carboxylic acids is 1. The molecule has 0 aliphatic heterocycles. The quantitative estimate of drug-likeness (QED) is 0.189. The van der Waals surface area contributed by atoms with Gasteiger partial charge in [-0.2, -0.15) is 0 Å². The van der Waals surface area contributed by atoms with Crippen molar-refractivity contribution in [1.82, 2.24) is 5.32 Å². The first-order valence-electron chi connectivity index (χ1n) is 13.3. The van der Waals surface area contributed by atoms with Gasteiger partial charge in [0.25, 0.3) is 5.91 Å². The number of hydrogen-bond donors (Lipinski definition) is 1. The van der Waals surface area contributed by atoms with Crippen molar-refractivity contribution >= 4 is 67.0 Å². The maximum atomic E-state index is 13.5. The van der Waals surface area contributed by atoms with Crippen molar-refractivity contribution in [3.63, 3.8) is 0 Å². The minimum atomic E-state index is 0.0484. The molecule has 1 saturated carbocycles. The fourth-order valence-electron chi connectivity index (χ4n) is 5.20. The molecular weight excluding hydrogens is 675 g/mol. The first-order valence-corrected chi connectivity index (χ1v) is 15.9. The largest absolute Gasteiger partial charge is 0.493 e. The highest BCUT2D eigenvalue weighted by Gasteiger charge is 2.27. The van der Waals surface area contributed by atoms with Gasteiger partial charge >= 0.3 is 0 Å². The monoisotopic (exact) mass is 706 g/mol. The number of nitrogens with zero attached hydrogens (tertiary/aromatic N) is 1. The molecule has 5 rings (SSSR count). The van der Waals surface area contributed by atoms with Crippen LogP contribution in [0.4, 0.5) is 5.00 Å². The summed E-state index contributed by atoms with van der Waals surface area (Å²) in [4.78, 5) is 19.7. The molecule has 0 bridgehead atoms. The third-order valence-corrected chi connectivity index (χ3v) is 9.73. The minimum Gasteiger partial charge on any atom is -0.493 e. The number of halogens is 2. The van der Waals surface area contributed by atoms with Gasteiger partial charge < -0.3 is 14.8 Å². The van der Waals surface area contributed by atoms with Gasteiger partial charge in [-0.3, -0.25) is 4.79 Å². The topological polar surface area (TPSA) is 59.9 Å². The van der Waals surface area contributed by atoms with Crippen molar-refractivity contribution in [2.75, 3.05) is 7.11 Å². The van der Waals surface area contributed by atoms with E-state index in [-0.39, 0.29) is 11.9 Å². The number of hydrogen-bond acceptors (Lipinski definition) is 5. The van der Waals surface area contributed by atoms with E-state index in [0.29, 0.717) is 18.1 Å². The van der Waals surface area contributed by atoms with Gasteiger partial charge in [0.05, 0.1) is 16.2 Å². The Morgan fingerprint density at radius 3 is 2.66 bits per heavy atom. The van der Waals surface area contributed by atoms with Crippen LogP contribution >= 0.6 is 49.9 Å². The molecule has 2 aromatic carbocycles. The van der Waals surface area contributed by atoms with Gasteiger partial charge in [0, 0.05) is 21.6 Å². The Labute approximate surface area is 250 Å². The molecule has 0 unspecified atom stereocenters. The highest BCUT2D eigenvalue weighted by Crippen LogP contribution is 2.40. The van der Waals surface area contributed by atoms with Crippen molar-refractivity contribution in [1.29, 1.82) is 0 Å². The van der Waals surface area contributed by atoms with Crippen LogP contribution in [0.15, 0.2) is 45.9 Å². The summed E-state index contributed by atoms with van der Waals surface area (Å²) in [6.07, 6.45) is 12.0. The second-order valence-corrected chi connectivity index (χ2v) is 13.1. The maximum absolute atomic E-state index is 13.5. The molecule has 1 heterocycles. The van der Waals surface area contributed by atoms with Crippen molar-refractivity contribution in [3.05, 3.63) is 71.6 Å². The van der Waals surface area contributed by atoms with Crippen molar-refractivity contribution in [3.8, 4) is 11.5 Å². The van der Waals surface area contributed by atoms with Crippen molar-refractivity contribution in [2.45, 2.75) is 70.4 Å². The third-order valence-electron chi connectivity index (χ3n) is 7.20. The SMILES string of the molecule is COc1cc(C=Nc2sc3c(c2C(=O)NC2CCCCC2)CCCC3)cc(I)c1OCc1ccc(Br)cc1. The van der Waals surface area contributed by atoms with Crippen LogP contribution < -0.4 is 14.8 Å². The van der Waals surface area contributed by atoms with Gasteiger partial charge in [-0.05, 0) is 102 Å². The van der Waals surface area contributed by atoms with Crippen molar-refractivity contribution in [2.24, 2.45) is 4.99 Å². The number of aliphatic imine (C=N–C) groups is 1. The summed E-state index contributed by atoms with van der Waals surface area (Å²) in [6.45, 7) is 0.452. The van der Waals surface area contributed by atoms with Crippen molar-refractivity contribution < 1.29 is 14.3 Å². The van der Waals surface area contributed by atoms with Crippen LogP contribution in [0.3, 0.4) is 0 Å². The van der Waals surface area contributed by atoms with Crippen LogP contribution in [-0.4, -0.2) is 25.3 Å². The first-order chi connectivity index (χ1) is 18.5. The van der Waals surface area contributed by atoms with E-state index in [1.165, 1.54) is 36.1 Å². The number of carbonyl (C=O) groups is 1. The van der Waals surface area contributed by atoms with Crippen LogP contribution in [0.5, 0.6) is 11.5 Å². The lowest BCUT2D eigenvalue weighted by molar-refractivity contribution is 0.0927. The number of benzene rings is 2. The number of rotatable bonds is 8. The summed E-state index contributed by atoms with van der Waals surface area (Å²) < 4.78 is 13.8. The predicted octanol–water partition coefficient (Wildman–Crippen LogP) is 8.39. The molecule has 200 valence electrons. The lowest BCUT2D eigenvalue weighted by Gasteiger charge is -2.23. The predicted molar refractivity (Wildman–Crippen MR) is 167 cm³/mol. The number of thiophene rings is 1. The Morgan fingerprint density at radius 1 is 1.13 bits per heavy atom. The van der Waals surface area contributed by atoms with E-state index in [2.05, 4.69) is 43.8 Å². The molecule has 1 amide bonds. The van der Waals surface area contributed by atoms with E-state index >= 15 is 0 Å². The Balaban J connectivity index is 1.37. The Hall–Kier alpha value is -1.91. The highest BCUT2D eigenvalue weighted by molar-refractivity contribution is 14.1. The summed E-state index contributed by atoms with van der Waals surface area (Å²) in [7, 11) is 1.65. The molecule has 0 radical (unpaired) electrons. The second-order valence-electron chi connectivity index (χ2n) is 9.91. The van der Waals surface area contributed by atoms with E-state index < -0.39 is 0 Å². The molecule has 3 aromatic rings. The summed E-state index contributed by atoms with van der Waals surface area (Å²) in [5.41, 5.74) is 4.00. The van der Waals surface area contributed by atoms with Crippen LogP contribution in [0.1, 0.15) is 76.9 Å². The molecule has 0 spiro atoms. The fraction of sp³-hybridized carbons (Fsp3) is 0.400. The van der Waals surface area contributed by atoms with E-state index in [1.807, 2.05) is 42.6 Å². The standard InChI is InChI=1S/C30H32BrIN2O3S/c1-36-25-16-20(15-24(32)28(25)37-18-19-11-13-21(31)14-12-19)17-33-30-27(23-9-5-6-10-26(23)38-30)29(35)34-22-7-3-2-4-8-22/h11-17,22H,2-10,18H2,1H3,(H,34,35). The number of amides is 1. The van der Waals surface area contributed by atoms with Crippen LogP contribution in [0.25, 0.3) is 0 Å². The molecule has 38 heavy (non-hydrogen) atoms. The van der Waals surface area contributed by atoms with Gasteiger partial charge in [-0.1, -0.05) is 47.3 Å². The Kier molecular flexibility index (Phi) is 9.43. The molecular formula is C30H32BrIN2O3S. The van der Waals surface area contributed by atoms with Gasteiger partial charge in [0.15, 0.2) is 11.5 Å². The van der Waals surface area contributed by atoms with Crippen LogP contribution in [-0.2, 0) is 19.4 Å². The van der Waals surface area contributed by atoms with Gasteiger partial charge in [-0.15, -0.1) is 11.3 Å². The van der Waals surface area contributed by atoms with Crippen LogP contribution in [0, 0.1) is 3.57 Å². The van der Waals surface area contributed by atoms with E-state index in [9.17, 15) is 4.79 Å². The smallest absolute Gasteiger partial charge is 0.254 e. The zero-order chi connectivity index (χ0) is 26.5. The number of aryl methyl sites for hydroxylation is 1. The molecule has 0 atom stereocenters. The molecule has 5 nitrogen and oxygen atoms in total. The molecule has 1 N–H and O–H groups in total. The summed E-state index contributed by atoms with van der Waals surface area (Å²) in [6, 6.07) is 12.3. The number of nitrogens with one attached hydrogen (secondary N) is 1. The highest BCUT2D eigenvalue weighted by atomic mass is 127. The average Bonchev–Trinajstić information content (AvgIpc) is 3.31. The first kappa shape index (κ1) is 27.6. The van der Waals surface area contributed by atoms with Gasteiger partial charge in [0.2, 0.25) is 0 Å². The normalized spacial score (nSPS) is 15.9. The van der Waals surface area contributed by atoms with E-state index in [4.69, 9.17) is 14.5 Å². The average molecular weight is 707 g/mol. The lowest BCUT2D eigenvalue weighted by atomic mass is 9.93. The van der Waals surface area contributed by atoms with Gasteiger partial charge in [-0.25, -0.2) is 4.99 Å². The second kappa shape index (κ2) is 13.0. The molecule has 1 fully saturated rings. The molecule has 0 saturated heterocycles. The summed E-state index contributed by atoms with van der Waals surface area (Å²) in [5.74, 6) is 1.43. The minimum absolute atomic E-state index is 0.0484. The summed E-state index contributed by atoms with van der Waals surface area (Å²) in [5, 5.41) is 4.14. The van der Waals surface area contributed by atoms with E-state index in [1.54, 1.807) is 18.4 Å². The Morgan fingerprint density at radius 2 is 1.89 bits per heavy atom. The molecule has 2 aliphatic carbocycles. The zero-order valence-corrected chi connectivity index (χ0v) is 26.1. The zero-order valence-electron chi connectivity index (χ0n) is 21.5. The number of ether oxygens (including phenoxy) is 2. The van der Waals surface area contributed by atoms with Gasteiger partial charge in [0.1, 0.15) is 11.6 Å². The maximum Gasteiger partial charge on any atom is 0.254 e. The summed E-state index contributed by atoms with van der Waals surface area (Å²) >= 11 is 7.43.